The van der Waals surface area contributed by atoms with E-state index in [0.717, 1.165) is 5.56 Å². The van der Waals surface area contributed by atoms with E-state index in [4.69, 9.17) is 0 Å². The lowest BCUT2D eigenvalue weighted by Gasteiger charge is -2.29. The number of carbonyl (C=O) groups excluding carboxylic acids is 1. The van der Waals surface area contributed by atoms with E-state index >= 15 is 0 Å². The molecule has 3 nitrogen and oxygen atoms in total. The van der Waals surface area contributed by atoms with Gasteiger partial charge in [0.15, 0.2) is 0 Å². The summed E-state index contributed by atoms with van der Waals surface area (Å²) in [4.78, 5) is 11.4. The van der Waals surface area contributed by atoms with E-state index in [-0.39, 0.29) is 5.97 Å². The molecule has 0 radical (unpaired) electrons. The van der Waals surface area contributed by atoms with Crippen LogP contribution in [-0.4, -0.2) is 26.3 Å². The summed E-state index contributed by atoms with van der Waals surface area (Å²) in [7, 11) is -0.679. The molecule has 110 valence electrons. The van der Waals surface area contributed by atoms with E-state index in [1.165, 1.54) is 12.3 Å². The topological polar surface area (TPSA) is 46.5 Å². The minimum absolute atomic E-state index is 0.365. The third kappa shape index (κ3) is 3.23. The summed E-state index contributed by atoms with van der Waals surface area (Å²) < 4.78 is 4.68. The Kier molecular flexibility index (Phi) is 4.60. The number of benzene rings is 2. The Balaban J connectivity index is 2.27. The molecule has 0 unspecified atom stereocenters. The maximum atomic E-state index is 11.4. The maximum absolute atomic E-state index is 11.4. The zero-order valence-electron chi connectivity index (χ0n) is 12.5. The zero-order chi connectivity index (χ0) is 15.5. The van der Waals surface area contributed by atoms with Crippen LogP contribution in [0.15, 0.2) is 54.6 Å². The number of aliphatic hydroxyl groups is 1. The highest BCUT2D eigenvalue weighted by Crippen LogP contribution is 2.24. The molecule has 0 saturated heterocycles. The Morgan fingerprint density at radius 1 is 1.05 bits per heavy atom. The highest BCUT2D eigenvalue weighted by atomic mass is 28.3. The second-order valence-corrected chi connectivity index (χ2v) is 10.2. The van der Waals surface area contributed by atoms with Crippen LogP contribution in [-0.2, 0) is 4.74 Å². The molecule has 1 N–H and O–H groups in total. The number of aliphatic hydroxyl groups excluding tert-OH is 1. The van der Waals surface area contributed by atoms with Crippen LogP contribution in [0.1, 0.15) is 21.6 Å². The fourth-order valence-corrected chi connectivity index (χ4v) is 4.75. The molecule has 2 aromatic rings. The second kappa shape index (κ2) is 6.24. The minimum atomic E-state index is -2.04. The van der Waals surface area contributed by atoms with Crippen LogP contribution in [0.25, 0.3) is 0 Å². The highest BCUT2D eigenvalue weighted by molar-refractivity contribution is 6.90. The van der Waals surface area contributed by atoms with Gasteiger partial charge in [-0.05, 0) is 17.7 Å². The van der Waals surface area contributed by atoms with E-state index in [0.29, 0.717) is 5.56 Å². The van der Waals surface area contributed by atoms with Gasteiger partial charge in [-0.15, -0.1) is 0 Å². The Bertz CT molecular complexity index is 606. The molecule has 0 aromatic heterocycles. The summed E-state index contributed by atoms with van der Waals surface area (Å²) in [6.45, 7) is 4.28. The molecule has 4 heteroatoms. The Morgan fingerprint density at radius 3 is 2.14 bits per heavy atom. The Labute approximate surface area is 126 Å². The molecule has 2 aromatic carbocycles. The van der Waals surface area contributed by atoms with E-state index in [1.54, 1.807) is 24.3 Å². The summed E-state index contributed by atoms with van der Waals surface area (Å²) in [5, 5.41) is 11.9. The van der Waals surface area contributed by atoms with Gasteiger partial charge in [-0.3, -0.25) is 0 Å². The van der Waals surface area contributed by atoms with Crippen molar-refractivity contribution in [3.8, 4) is 0 Å². The van der Waals surface area contributed by atoms with Crippen molar-refractivity contribution in [2.24, 2.45) is 0 Å². The number of esters is 1. The standard InChI is InChI=1S/C17H20O3Si/c1-20-16(18)13-9-11-14(12-10-13)17(19)21(2,3)15-7-5-4-6-8-15/h4-12,17,19H,1-3H3/t17-/m0/s1. The molecule has 2 rings (SSSR count). The molecule has 21 heavy (non-hydrogen) atoms. The van der Waals surface area contributed by atoms with Crippen LogP contribution in [0.3, 0.4) is 0 Å². The van der Waals surface area contributed by atoms with E-state index in [1.807, 2.05) is 18.2 Å². The molecule has 1 atom stereocenters. The fraction of sp³-hybridized carbons (Fsp3) is 0.235. The normalized spacial score (nSPS) is 12.8. The maximum Gasteiger partial charge on any atom is 0.337 e. The predicted molar refractivity (Wildman–Crippen MR) is 86.3 cm³/mol. The van der Waals surface area contributed by atoms with Crippen molar-refractivity contribution in [2.75, 3.05) is 7.11 Å². The van der Waals surface area contributed by atoms with E-state index in [2.05, 4.69) is 30.0 Å². The third-order valence-electron chi connectivity index (χ3n) is 3.85. The molecule has 0 aliphatic rings. The predicted octanol–water partition coefficient (Wildman–Crippen LogP) is 2.66. The van der Waals surface area contributed by atoms with Gasteiger partial charge in [-0.25, -0.2) is 4.79 Å². The monoisotopic (exact) mass is 300 g/mol. The van der Waals surface area contributed by atoms with Gasteiger partial charge in [-0.2, -0.15) is 0 Å². The lowest BCUT2D eigenvalue weighted by Crippen LogP contribution is -2.47. The van der Waals surface area contributed by atoms with Crippen LogP contribution in [0.2, 0.25) is 13.1 Å². The van der Waals surface area contributed by atoms with Crippen molar-refractivity contribution in [3.63, 3.8) is 0 Å². The van der Waals surface area contributed by atoms with Gasteiger partial charge in [0, 0.05) is 0 Å². The van der Waals surface area contributed by atoms with Gasteiger partial charge < -0.3 is 9.84 Å². The largest absolute Gasteiger partial charge is 0.465 e. The first kappa shape index (κ1) is 15.5. The summed E-state index contributed by atoms with van der Waals surface area (Å²) in [5.74, 6) is -0.365. The first-order valence-electron chi connectivity index (χ1n) is 6.88. The van der Waals surface area contributed by atoms with Crippen LogP contribution >= 0.6 is 0 Å². The zero-order valence-corrected chi connectivity index (χ0v) is 13.5. The number of hydrogen-bond acceptors (Lipinski definition) is 3. The Hall–Kier alpha value is -1.91. The molecule has 0 aliphatic heterocycles. The van der Waals surface area contributed by atoms with Crippen molar-refractivity contribution in [2.45, 2.75) is 18.8 Å². The number of rotatable bonds is 4. The molecule has 0 amide bonds. The number of methoxy groups -OCH3 is 1. The molecule has 0 aliphatic carbocycles. The summed E-state index contributed by atoms with van der Waals surface area (Å²) in [6, 6.07) is 17.1. The van der Waals surface area contributed by atoms with Gasteiger partial charge in [0.1, 0.15) is 8.07 Å². The van der Waals surface area contributed by atoms with Crippen LogP contribution in [0, 0.1) is 0 Å². The van der Waals surface area contributed by atoms with E-state index in [9.17, 15) is 9.90 Å². The lowest BCUT2D eigenvalue weighted by atomic mass is 10.1. The van der Waals surface area contributed by atoms with Gasteiger partial charge in [0.25, 0.3) is 0 Å². The Morgan fingerprint density at radius 2 is 1.62 bits per heavy atom. The molecular formula is C17H20O3Si. The minimum Gasteiger partial charge on any atom is -0.465 e. The van der Waals surface area contributed by atoms with E-state index < -0.39 is 13.8 Å². The smallest absolute Gasteiger partial charge is 0.337 e. The lowest BCUT2D eigenvalue weighted by molar-refractivity contribution is 0.0600. The first-order valence-corrected chi connectivity index (χ1v) is 9.96. The summed E-state index contributed by atoms with van der Waals surface area (Å²) in [6.07, 6.45) is 0. The third-order valence-corrected chi connectivity index (χ3v) is 7.37. The second-order valence-electron chi connectivity index (χ2n) is 5.60. The van der Waals surface area contributed by atoms with Gasteiger partial charge in [0.05, 0.1) is 18.4 Å². The van der Waals surface area contributed by atoms with Gasteiger partial charge >= 0.3 is 5.97 Å². The van der Waals surface area contributed by atoms with Crippen LogP contribution in [0.5, 0.6) is 0 Å². The average Bonchev–Trinajstić information content (AvgIpc) is 2.54. The molecule has 0 bridgehead atoms. The van der Waals surface area contributed by atoms with Gasteiger partial charge in [0.2, 0.25) is 0 Å². The number of ether oxygens (including phenoxy) is 1. The van der Waals surface area contributed by atoms with Crippen LogP contribution in [0.4, 0.5) is 0 Å². The van der Waals surface area contributed by atoms with Gasteiger partial charge in [-0.1, -0.05) is 60.7 Å². The molecule has 0 spiro atoms. The first-order chi connectivity index (χ1) is 9.96. The summed E-state index contributed by atoms with van der Waals surface area (Å²) >= 11 is 0. The SMILES string of the molecule is COC(=O)c1ccc([C@@H](O)[Si](C)(C)c2ccccc2)cc1. The number of hydrogen-bond donors (Lipinski definition) is 1. The van der Waals surface area contributed by atoms with Crippen molar-refractivity contribution >= 4 is 19.2 Å². The van der Waals surface area contributed by atoms with Crippen molar-refractivity contribution in [1.82, 2.24) is 0 Å². The van der Waals surface area contributed by atoms with Crippen molar-refractivity contribution < 1.29 is 14.6 Å². The average molecular weight is 300 g/mol. The highest BCUT2D eigenvalue weighted by Gasteiger charge is 2.33. The van der Waals surface area contributed by atoms with Crippen molar-refractivity contribution in [1.29, 1.82) is 0 Å². The van der Waals surface area contributed by atoms with Crippen molar-refractivity contribution in [3.05, 3.63) is 65.7 Å². The molecular weight excluding hydrogens is 280 g/mol. The van der Waals surface area contributed by atoms with Crippen LogP contribution < -0.4 is 5.19 Å². The quantitative estimate of drug-likeness (QED) is 0.697. The number of carbonyl (C=O) groups is 1. The molecule has 0 heterocycles. The summed E-state index contributed by atoms with van der Waals surface area (Å²) in [5.41, 5.74) is 0.808. The molecule has 0 saturated carbocycles. The molecule has 0 fully saturated rings. The fourth-order valence-electron chi connectivity index (χ4n) is 2.36.